The molecule has 1 unspecified atom stereocenters. The van der Waals surface area contributed by atoms with E-state index in [9.17, 15) is 4.79 Å². The predicted octanol–water partition coefficient (Wildman–Crippen LogP) is 2.43. The highest BCUT2D eigenvalue weighted by molar-refractivity contribution is 5.73. The number of benzene rings is 1. The minimum Gasteiger partial charge on any atom is -0.338 e. The van der Waals surface area contributed by atoms with Crippen molar-refractivity contribution in [3.8, 4) is 0 Å². The van der Waals surface area contributed by atoms with Crippen LogP contribution >= 0.6 is 0 Å². The number of hydrogen-bond donors (Lipinski definition) is 2. The van der Waals surface area contributed by atoms with Gasteiger partial charge in [-0.05, 0) is 24.0 Å². The van der Waals surface area contributed by atoms with Gasteiger partial charge in [-0.1, -0.05) is 37.6 Å². The monoisotopic (exact) mass is 232 g/mol. The smallest absolute Gasteiger partial charge is 0.314 e. The molecule has 2 rings (SSSR count). The van der Waals surface area contributed by atoms with Crippen molar-refractivity contribution in [1.29, 1.82) is 0 Å². The van der Waals surface area contributed by atoms with Gasteiger partial charge >= 0.3 is 6.03 Å². The summed E-state index contributed by atoms with van der Waals surface area (Å²) in [6, 6.07) is 8.40. The van der Waals surface area contributed by atoms with E-state index in [0.717, 1.165) is 32.4 Å². The fourth-order valence-electron chi connectivity index (χ4n) is 2.20. The number of unbranched alkanes of at least 4 members (excludes halogenated alkanes) is 1. The van der Waals surface area contributed by atoms with Crippen LogP contribution in [0.3, 0.4) is 0 Å². The highest BCUT2D eigenvalue weighted by Gasteiger charge is 2.25. The normalized spacial score (nSPS) is 16.9. The van der Waals surface area contributed by atoms with Crippen LogP contribution in [0.2, 0.25) is 0 Å². The molecule has 1 aliphatic carbocycles. The lowest BCUT2D eigenvalue weighted by Crippen LogP contribution is -2.40. The molecule has 0 saturated carbocycles. The molecule has 0 spiro atoms. The Bertz CT molecular complexity index is 390. The summed E-state index contributed by atoms with van der Waals surface area (Å²) in [6.07, 6.45) is 3.24. The van der Waals surface area contributed by atoms with Crippen molar-refractivity contribution in [2.75, 3.05) is 13.1 Å². The van der Waals surface area contributed by atoms with Gasteiger partial charge in [0.25, 0.3) is 0 Å². The summed E-state index contributed by atoms with van der Waals surface area (Å²) in [5, 5.41) is 5.80. The van der Waals surface area contributed by atoms with Crippen molar-refractivity contribution in [2.45, 2.75) is 32.1 Å². The summed E-state index contributed by atoms with van der Waals surface area (Å²) >= 11 is 0. The molecule has 0 fully saturated rings. The van der Waals surface area contributed by atoms with Gasteiger partial charge in [0.05, 0.1) is 0 Å². The van der Waals surface area contributed by atoms with Gasteiger partial charge < -0.3 is 10.6 Å². The zero-order chi connectivity index (χ0) is 12.1. The van der Waals surface area contributed by atoms with Crippen LogP contribution < -0.4 is 10.6 Å². The maximum atomic E-state index is 11.5. The summed E-state index contributed by atoms with van der Waals surface area (Å²) in [6.45, 7) is 3.63. The molecule has 17 heavy (non-hydrogen) atoms. The Morgan fingerprint density at radius 3 is 2.94 bits per heavy atom. The Labute approximate surface area is 103 Å². The van der Waals surface area contributed by atoms with Gasteiger partial charge in [-0.3, -0.25) is 0 Å². The summed E-state index contributed by atoms with van der Waals surface area (Å²) < 4.78 is 0. The van der Waals surface area contributed by atoms with Crippen LogP contribution in [0.4, 0.5) is 4.79 Å². The third-order valence-corrected chi connectivity index (χ3v) is 3.29. The van der Waals surface area contributed by atoms with Gasteiger partial charge in [-0.25, -0.2) is 4.79 Å². The van der Waals surface area contributed by atoms with Crippen molar-refractivity contribution >= 4 is 6.03 Å². The first kappa shape index (κ1) is 12.0. The number of urea groups is 1. The van der Waals surface area contributed by atoms with Gasteiger partial charge in [-0.2, -0.15) is 0 Å². The Balaban J connectivity index is 1.69. The van der Waals surface area contributed by atoms with E-state index in [1.165, 1.54) is 11.1 Å². The van der Waals surface area contributed by atoms with Gasteiger partial charge in [0, 0.05) is 19.0 Å². The van der Waals surface area contributed by atoms with E-state index in [1.54, 1.807) is 0 Å². The number of hydrogen-bond acceptors (Lipinski definition) is 1. The van der Waals surface area contributed by atoms with E-state index in [4.69, 9.17) is 0 Å². The van der Waals surface area contributed by atoms with Crippen molar-refractivity contribution in [3.05, 3.63) is 35.4 Å². The number of fused-ring (bicyclic) bond motifs is 1. The molecule has 0 aromatic heterocycles. The van der Waals surface area contributed by atoms with Crippen molar-refractivity contribution in [1.82, 2.24) is 10.6 Å². The minimum atomic E-state index is -0.0390. The van der Waals surface area contributed by atoms with E-state index in [2.05, 4.69) is 41.8 Å². The molecule has 0 radical (unpaired) electrons. The Morgan fingerprint density at radius 1 is 1.35 bits per heavy atom. The molecule has 0 aliphatic heterocycles. The third-order valence-electron chi connectivity index (χ3n) is 3.29. The highest BCUT2D eigenvalue weighted by atomic mass is 16.2. The van der Waals surface area contributed by atoms with E-state index < -0.39 is 0 Å². The first-order valence-corrected chi connectivity index (χ1v) is 6.40. The van der Waals surface area contributed by atoms with Crippen LogP contribution in [0.15, 0.2) is 24.3 Å². The largest absolute Gasteiger partial charge is 0.338 e. The van der Waals surface area contributed by atoms with Crippen LogP contribution in [0, 0.1) is 0 Å². The Kier molecular flexibility index (Phi) is 4.02. The van der Waals surface area contributed by atoms with E-state index >= 15 is 0 Å². The number of carbonyl (C=O) groups excluding carboxylic acids is 1. The van der Waals surface area contributed by atoms with Gasteiger partial charge in [-0.15, -0.1) is 0 Å². The summed E-state index contributed by atoms with van der Waals surface area (Å²) in [7, 11) is 0. The maximum Gasteiger partial charge on any atom is 0.314 e. The molecule has 0 bridgehead atoms. The number of carbonyl (C=O) groups is 1. The van der Waals surface area contributed by atoms with E-state index in [-0.39, 0.29) is 6.03 Å². The summed E-state index contributed by atoms with van der Waals surface area (Å²) in [4.78, 5) is 11.5. The average molecular weight is 232 g/mol. The van der Waals surface area contributed by atoms with Crippen molar-refractivity contribution in [2.24, 2.45) is 0 Å². The second kappa shape index (κ2) is 5.71. The van der Waals surface area contributed by atoms with Gasteiger partial charge in [0.1, 0.15) is 0 Å². The molecular weight excluding hydrogens is 212 g/mol. The summed E-state index contributed by atoms with van der Waals surface area (Å²) in [5.74, 6) is 0.503. The zero-order valence-corrected chi connectivity index (χ0v) is 10.3. The van der Waals surface area contributed by atoms with Crippen LogP contribution in [-0.4, -0.2) is 19.1 Å². The molecule has 2 amide bonds. The lowest BCUT2D eigenvalue weighted by molar-refractivity contribution is 0.239. The van der Waals surface area contributed by atoms with Crippen LogP contribution in [0.5, 0.6) is 0 Å². The number of nitrogens with one attached hydrogen (secondary N) is 2. The fourth-order valence-corrected chi connectivity index (χ4v) is 2.20. The average Bonchev–Trinajstić information content (AvgIpc) is 2.31. The SMILES string of the molecule is CCCCNC(=O)NCC1Cc2ccccc21. The predicted molar refractivity (Wildman–Crippen MR) is 69.2 cm³/mol. The molecule has 1 aliphatic rings. The van der Waals surface area contributed by atoms with Crippen molar-refractivity contribution in [3.63, 3.8) is 0 Å². The lowest BCUT2D eigenvalue weighted by Gasteiger charge is -2.30. The highest BCUT2D eigenvalue weighted by Crippen LogP contribution is 2.33. The topological polar surface area (TPSA) is 41.1 Å². The number of amides is 2. The van der Waals surface area contributed by atoms with Crippen LogP contribution in [0.25, 0.3) is 0 Å². The first-order valence-electron chi connectivity index (χ1n) is 6.40. The fraction of sp³-hybridized carbons (Fsp3) is 0.500. The first-order chi connectivity index (χ1) is 8.31. The second-order valence-corrected chi connectivity index (χ2v) is 4.59. The molecule has 0 saturated heterocycles. The third kappa shape index (κ3) is 2.99. The molecule has 3 heteroatoms. The Hall–Kier alpha value is -1.51. The molecular formula is C14H20N2O. The molecule has 1 aromatic rings. The number of rotatable bonds is 5. The van der Waals surface area contributed by atoms with Crippen LogP contribution in [-0.2, 0) is 6.42 Å². The lowest BCUT2D eigenvalue weighted by atomic mass is 9.78. The Morgan fingerprint density at radius 2 is 2.18 bits per heavy atom. The van der Waals surface area contributed by atoms with Gasteiger partial charge in [0.15, 0.2) is 0 Å². The quantitative estimate of drug-likeness (QED) is 0.752. The second-order valence-electron chi connectivity index (χ2n) is 4.59. The maximum absolute atomic E-state index is 11.5. The van der Waals surface area contributed by atoms with E-state index in [1.807, 2.05) is 0 Å². The molecule has 0 heterocycles. The zero-order valence-electron chi connectivity index (χ0n) is 10.3. The molecule has 1 atom stereocenters. The molecule has 92 valence electrons. The summed E-state index contributed by atoms with van der Waals surface area (Å²) in [5.41, 5.74) is 2.81. The van der Waals surface area contributed by atoms with Crippen molar-refractivity contribution < 1.29 is 4.79 Å². The molecule has 1 aromatic carbocycles. The van der Waals surface area contributed by atoms with Crippen LogP contribution in [0.1, 0.15) is 36.8 Å². The standard InChI is InChI=1S/C14H20N2O/c1-2-3-8-15-14(17)16-10-12-9-11-6-4-5-7-13(11)12/h4-7,12H,2-3,8-10H2,1H3,(H2,15,16,17). The molecule has 3 nitrogen and oxygen atoms in total. The van der Waals surface area contributed by atoms with Gasteiger partial charge in [0.2, 0.25) is 0 Å². The molecule has 2 N–H and O–H groups in total. The minimum absolute atomic E-state index is 0.0390. The van der Waals surface area contributed by atoms with E-state index in [0.29, 0.717) is 5.92 Å².